The molecule has 0 unspecified atom stereocenters. The van der Waals surface area contributed by atoms with Gasteiger partial charge in [0.25, 0.3) is 6.71 Å². The molecule has 0 radical (unpaired) electrons. The first-order valence-electron chi connectivity index (χ1n) is 27.3. The van der Waals surface area contributed by atoms with E-state index in [1.165, 1.54) is 141 Å². The van der Waals surface area contributed by atoms with Crippen molar-refractivity contribution in [3.63, 3.8) is 0 Å². The number of anilines is 6. The summed E-state index contributed by atoms with van der Waals surface area (Å²) in [4.78, 5) is 5.36. The van der Waals surface area contributed by atoms with Crippen LogP contribution >= 0.6 is 11.3 Å². The maximum Gasteiger partial charge on any atom is 0.264 e. The molecule has 2 aliphatic heterocycles. The molecule has 0 amide bonds. The Morgan fingerprint density at radius 3 is 1.47 bits per heavy atom. The van der Waals surface area contributed by atoms with Gasteiger partial charge in [-0.2, -0.15) is 0 Å². The van der Waals surface area contributed by atoms with Gasteiger partial charge >= 0.3 is 0 Å². The smallest absolute Gasteiger partial charge is 0.264 e. The standard InChI is InChI=1S/C69H77BN2S/c1-65(2,3)48-27-20-44(21-28-48)45-24-33-53(34-25-45)71-58-36-31-51(68(10,11)12)40-56(58)70-62-59(71)41-52(69(13,14)15)42-60(62)72(63-55-39-50(67(7,8)9)32-37-61(55)73-64(63)70)57-35-26-47(43-18-16-17-19-43)38-54(57)46-22-29-49(30-23-46)66(4,5)6/h20-43H,16-19H2,1-15H3. The number of rotatable bonds is 5. The Bertz CT molecular complexity index is 3400. The first-order chi connectivity index (χ1) is 34.3. The maximum absolute atomic E-state index is 2.75. The molecule has 0 N–H and O–H groups in total. The normalized spacial score (nSPS) is 15.2. The largest absolute Gasteiger partial charge is 0.311 e. The Morgan fingerprint density at radius 1 is 0.425 bits per heavy atom. The molecule has 2 nitrogen and oxygen atoms in total. The molecule has 0 bridgehead atoms. The molecule has 3 aliphatic rings. The van der Waals surface area contributed by atoms with Crippen LogP contribution in [-0.4, -0.2) is 6.71 Å². The molecule has 0 saturated heterocycles. The fraction of sp³-hybridized carbons (Fsp3) is 0.362. The van der Waals surface area contributed by atoms with E-state index in [9.17, 15) is 0 Å². The summed E-state index contributed by atoms with van der Waals surface area (Å²) < 4.78 is 2.77. The van der Waals surface area contributed by atoms with Gasteiger partial charge in [-0.15, -0.1) is 11.3 Å². The minimum absolute atomic E-state index is 0.0130. The van der Waals surface area contributed by atoms with Crippen LogP contribution in [0, 0.1) is 0 Å². The fourth-order valence-corrected chi connectivity index (χ4v) is 13.3. The number of fused-ring (bicyclic) bond motifs is 6. The van der Waals surface area contributed by atoms with Crippen molar-refractivity contribution in [3.8, 4) is 22.3 Å². The van der Waals surface area contributed by atoms with Crippen LogP contribution in [0.4, 0.5) is 34.1 Å². The van der Waals surface area contributed by atoms with Crippen LogP contribution in [0.5, 0.6) is 0 Å². The van der Waals surface area contributed by atoms with E-state index < -0.39 is 0 Å². The Kier molecular flexibility index (Phi) is 11.8. The van der Waals surface area contributed by atoms with Crippen molar-refractivity contribution in [1.29, 1.82) is 0 Å². The molecule has 3 heterocycles. The lowest BCUT2D eigenvalue weighted by Crippen LogP contribution is -2.60. The minimum Gasteiger partial charge on any atom is -0.311 e. The average molecular weight is 977 g/mol. The maximum atomic E-state index is 2.75. The zero-order valence-corrected chi connectivity index (χ0v) is 47.4. The second-order valence-corrected chi connectivity index (χ2v) is 28.1. The highest BCUT2D eigenvalue weighted by atomic mass is 32.1. The van der Waals surface area contributed by atoms with Crippen molar-refractivity contribution < 1.29 is 0 Å². The van der Waals surface area contributed by atoms with Gasteiger partial charge < -0.3 is 9.80 Å². The first kappa shape index (κ1) is 49.4. The van der Waals surface area contributed by atoms with E-state index in [-0.39, 0.29) is 33.8 Å². The number of hydrogen-bond donors (Lipinski definition) is 0. The van der Waals surface area contributed by atoms with Crippen molar-refractivity contribution in [2.45, 2.75) is 163 Å². The van der Waals surface area contributed by atoms with E-state index in [1.54, 1.807) is 0 Å². The van der Waals surface area contributed by atoms with Gasteiger partial charge in [-0.1, -0.05) is 202 Å². The molecule has 8 aromatic rings. The third-order valence-electron chi connectivity index (χ3n) is 16.6. The van der Waals surface area contributed by atoms with Crippen molar-refractivity contribution >= 4 is 78.0 Å². The SMILES string of the molecule is CC(C)(C)c1ccc(-c2ccc(N3c4ccc(C(C)(C)C)cc4B4c5sc6ccc(C(C)(C)C)cc6c5N(c5ccc(C6CCCC6)cc5-c5ccc(C(C)(C)C)cc5)c5cc(C(C)(C)C)cc3c54)cc2)cc1. The molecular weight excluding hydrogens is 900 g/mol. The van der Waals surface area contributed by atoms with Crippen LogP contribution in [0.1, 0.15) is 169 Å². The van der Waals surface area contributed by atoms with Gasteiger partial charge in [-0.3, -0.25) is 0 Å². The lowest BCUT2D eigenvalue weighted by molar-refractivity contribution is 0.590. The average Bonchev–Trinajstić information content (AvgIpc) is 4.02. The van der Waals surface area contributed by atoms with E-state index in [0.717, 1.165) is 0 Å². The molecular formula is C69H77BN2S. The van der Waals surface area contributed by atoms with E-state index in [0.29, 0.717) is 5.92 Å². The monoisotopic (exact) mass is 977 g/mol. The number of thiophene rings is 1. The van der Waals surface area contributed by atoms with Crippen LogP contribution in [0.3, 0.4) is 0 Å². The summed E-state index contributed by atoms with van der Waals surface area (Å²) in [6.45, 7) is 35.2. The molecule has 1 aliphatic carbocycles. The van der Waals surface area contributed by atoms with E-state index in [2.05, 4.69) is 253 Å². The number of benzene rings is 7. The summed E-state index contributed by atoms with van der Waals surface area (Å²) in [6.07, 6.45) is 5.15. The van der Waals surface area contributed by atoms with Crippen LogP contribution in [-0.2, 0) is 27.1 Å². The topological polar surface area (TPSA) is 6.48 Å². The quantitative estimate of drug-likeness (QED) is 0.159. The molecule has 0 atom stereocenters. The predicted molar refractivity (Wildman–Crippen MR) is 321 cm³/mol. The molecule has 1 fully saturated rings. The highest BCUT2D eigenvalue weighted by Gasteiger charge is 2.47. The minimum atomic E-state index is -0.133. The molecule has 73 heavy (non-hydrogen) atoms. The molecule has 7 aromatic carbocycles. The Morgan fingerprint density at radius 2 is 0.904 bits per heavy atom. The Labute approximate surface area is 443 Å². The molecule has 1 saturated carbocycles. The zero-order valence-electron chi connectivity index (χ0n) is 46.6. The lowest BCUT2D eigenvalue weighted by atomic mass is 9.36. The third-order valence-corrected chi connectivity index (χ3v) is 17.8. The third kappa shape index (κ3) is 8.78. The van der Waals surface area contributed by atoms with Gasteiger partial charge in [0, 0.05) is 43.2 Å². The summed E-state index contributed by atoms with van der Waals surface area (Å²) in [5, 5.41) is 1.34. The van der Waals surface area contributed by atoms with E-state index in [4.69, 9.17) is 0 Å². The van der Waals surface area contributed by atoms with Crippen LogP contribution in [0.15, 0.2) is 140 Å². The van der Waals surface area contributed by atoms with Gasteiger partial charge in [0.15, 0.2) is 0 Å². The number of hydrogen-bond acceptors (Lipinski definition) is 3. The molecule has 11 rings (SSSR count). The van der Waals surface area contributed by atoms with Gasteiger partial charge in [0.05, 0.1) is 11.4 Å². The highest BCUT2D eigenvalue weighted by Crippen LogP contribution is 2.52. The summed E-state index contributed by atoms with van der Waals surface area (Å²) in [5.41, 5.74) is 23.6. The molecule has 0 spiro atoms. The highest BCUT2D eigenvalue weighted by molar-refractivity contribution is 7.33. The number of nitrogens with zero attached hydrogens (tertiary/aromatic N) is 2. The van der Waals surface area contributed by atoms with E-state index in [1.807, 2.05) is 11.3 Å². The van der Waals surface area contributed by atoms with Crippen LogP contribution in [0.25, 0.3) is 32.3 Å². The lowest BCUT2D eigenvalue weighted by Gasteiger charge is -2.45. The summed E-state index contributed by atoms with van der Waals surface area (Å²) >= 11 is 2.01. The van der Waals surface area contributed by atoms with E-state index >= 15 is 0 Å². The van der Waals surface area contributed by atoms with Crippen molar-refractivity contribution in [2.75, 3.05) is 9.80 Å². The van der Waals surface area contributed by atoms with Gasteiger partial charge in [-0.05, 0) is 161 Å². The Balaban J connectivity index is 1.22. The van der Waals surface area contributed by atoms with Crippen molar-refractivity contribution in [1.82, 2.24) is 0 Å². The summed E-state index contributed by atoms with van der Waals surface area (Å²) in [5.74, 6) is 0.590. The van der Waals surface area contributed by atoms with Gasteiger partial charge in [0.1, 0.15) is 0 Å². The first-order valence-corrected chi connectivity index (χ1v) is 28.1. The molecule has 4 heteroatoms. The summed E-state index contributed by atoms with van der Waals surface area (Å²) in [6, 6.07) is 55.7. The fourth-order valence-electron chi connectivity index (χ4n) is 12.0. The molecule has 1 aromatic heterocycles. The second kappa shape index (κ2) is 17.4. The Hall–Kier alpha value is -5.84. The summed E-state index contributed by atoms with van der Waals surface area (Å²) in [7, 11) is 0. The van der Waals surface area contributed by atoms with Crippen molar-refractivity contribution in [2.24, 2.45) is 0 Å². The van der Waals surface area contributed by atoms with Crippen LogP contribution < -0.4 is 25.5 Å². The predicted octanol–water partition coefficient (Wildman–Crippen LogP) is 18.5. The van der Waals surface area contributed by atoms with Crippen molar-refractivity contribution in [3.05, 3.63) is 173 Å². The van der Waals surface area contributed by atoms with Gasteiger partial charge in [0.2, 0.25) is 0 Å². The second-order valence-electron chi connectivity index (χ2n) is 27.0. The van der Waals surface area contributed by atoms with Gasteiger partial charge in [-0.25, -0.2) is 0 Å². The zero-order chi connectivity index (χ0) is 51.7. The molecule has 372 valence electrons. The van der Waals surface area contributed by atoms with Crippen LogP contribution in [0.2, 0.25) is 0 Å².